The van der Waals surface area contributed by atoms with Gasteiger partial charge in [0, 0.05) is 19.2 Å². The minimum absolute atomic E-state index is 0.163. The Bertz CT molecular complexity index is 244. The Labute approximate surface area is 135 Å². The third-order valence-corrected chi connectivity index (χ3v) is 3.77. The first-order valence-corrected chi connectivity index (χ1v) is 7.94. The Balaban J connectivity index is 3.73. The van der Waals surface area contributed by atoms with Gasteiger partial charge in [-0.25, -0.2) is 0 Å². The molecule has 0 saturated heterocycles. The topological polar surface area (TPSA) is 67.9 Å². The van der Waals surface area contributed by atoms with Crippen molar-refractivity contribution in [2.24, 2.45) is 0 Å². The molecule has 0 aliphatic carbocycles. The van der Waals surface area contributed by atoms with Crippen LogP contribution in [0.1, 0.15) is 39.0 Å². The van der Waals surface area contributed by atoms with Crippen molar-refractivity contribution >= 4 is 35.7 Å². The lowest BCUT2D eigenvalue weighted by atomic mass is 10.1. The van der Waals surface area contributed by atoms with Crippen LogP contribution in [0.2, 0.25) is 0 Å². The van der Waals surface area contributed by atoms with Crippen LogP contribution in [-0.4, -0.2) is 48.5 Å². The summed E-state index contributed by atoms with van der Waals surface area (Å²) in [4.78, 5) is 21.0. The van der Waals surface area contributed by atoms with Gasteiger partial charge in [0.15, 0.2) is 0 Å². The van der Waals surface area contributed by atoms with Crippen molar-refractivity contribution < 1.29 is 19.1 Å². The van der Waals surface area contributed by atoms with Gasteiger partial charge in [0.05, 0.1) is 29.5 Å². The second-order valence-corrected chi connectivity index (χ2v) is 5.51. The van der Waals surface area contributed by atoms with E-state index in [9.17, 15) is 9.59 Å². The Morgan fingerprint density at radius 2 is 1.95 bits per heavy atom. The van der Waals surface area contributed by atoms with Crippen LogP contribution in [0.25, 0.3) is 0 Å². The van der Waals surface area contributed by atoms with Crippen LogP contribution >= 0.6 is 22.9 Å². The minimum atomic E-state index is 0.163. The number of carbonyl (C=O) groups is 2. The van der Waals surface area contributed by atoms with Gasteiger partial charge in [-0.2, -0.15) is 0 Å². The fraction of sp³-hybridized carbons (Fsp3) is 0.846. The van der Waals surface area contributed by atoms with Crippen LogP contribution < -0.4 is 5.32 Å². The maximum atomic E-state index is 10.8. The molecule has 0 rings (SSSR count). The number of hydrogen-bond acceptors (Lipinski definition) is 4. The number of nitrogens with zero attached hydrogens (tertiary/aromatic N) is 1. The average molecular weight is 400 g/mol. The van der Waals surface area contributed by atoms with Gasteiger partial charge >= 0.3 is 0 Å². The highest BCUT2D eigenvalue weighted by Crippen LogP contribution is 2.15. The number of rotatable bonds is 15. The zero-order valence-corrected chi connectivity index (χ0v) is 14.2. The van der Waals surface area contributed by atoms with Crippen LogP contribution in [0.4, 0.5) is 0 Å². The molecule has 0 saturated carbocycles. The van der Waals surface area contributed by atoms with Crippen LogP contribution in [0.3, 0.4) is 0 Å². The van der Waals surface area contributed by atoms with Crippen molar-refractivity contribution in [1.82, 2.24) is 8.43 Å². The van der Waals surface area contributed by atoms with E-state index >= 15 is 0 Å². The lowest BCUT2D eigenvalue weighted by Crippen LogP contribution is -2.27. The van der Waals surface area contributed by atoms with E-state index in [1.165, 1.54) is 0 Å². The number of hydrogen-bond donors (Lipinski definition) is 1. The van der Waals surface area contributed by atoms with Crippen molar-refractivity contribution in [3.05, 3.63) is 0 Å². The Hall–Kier alpha value is -0.410. The van der Waals surface area contributed by atoms with E-state index in [4.69, 9.17) is 9.47 Å². The molecule has 118 valence electrons. The Morgan fingerprint density at radius 1 is 1.20 bits per heavy atom. The first kappa shape index (κ1) is 19.6. The summed E-state index contributed by atoms with van der Waals surface area (Å²) in [6.45, 7) is 4.33. The molecule has 7 heteroatoms. The summed E-state index contributed by atoms with van der Waals surface area (Å²) in [7, 11) is 0. The number of amides is 2. The molecule has 0 fully saturated rings. The third kappa shape index (κ3) is 11.4. The molecule has 0 bridgehead atoms. The van der Waals surface area contributed by atoms with Crippen molar-refractivity contribution in [1.29, 1.82) is 0 Å². The first-order valence-electron chi connectivity index (χ1n) is 6.98. The standard InChI is InChI=1S/C13H25IN2O4/c1-2-8-19-12-20-9-6-13(16(14)11-18)5-3-4-7-15-10-17/h10-11,13H,2-9,12H2,1H3,(H,15,17). The summed E-state index contributed by atoms with van der Waals surface area (Å²) in [5.74, 6) is 0. The normalized spacial score (nSPS) is 11.9. The highest BCUT2D eigenvalue weighted by Gasteiger charge is 2.14. The molecule has 1 N–H and O–H groups in total. The molecule has 0 aliphatic rings. The molecule has 0 heterocycles. The second kappa shape index (κ2) is 15.0. The van der Waals surface area contributed by atoms with Gasteiger partial charge in [-0.15, -0.1) is 0 Å². The minimum Gasteiger partial charge on any atom is -0.359 e. The van der Waals surface area contributed by atoms with Crippen molar-refractivity contribution in [2.75, 3.05) is 26.6 Å². The van der Waals surface area contributed by atoms with Gasteiger partial charge in [0.25, 0.3) is 0 Å². The summed E-state index contributed by atoms with van der Waals surface area (Å²) >= 11 is 2.02. The first-order chi connectivity index (χ1) is 9.76. The second-order valence-electron chi connectivity index (χ2n) is 4.39. The van der Waals surface area contributed by atoms with E-state index in [1.54, 1.807) is 3.11 Å². The Morgan fingerprint density at radius 3 is 2.60 bits per heavy atom. The smallest absolute Gasteiger partial charge is 0.218 e. The summed E-state index contributed by atoms with van der Waals surface area (Å²) in [5, 5.41) is 2.63. The zero-order chi connectivity index (χ0) is 15.1. The van der Waals surface area contributed by atoms with E-state index in [0.29, 0.717) is 33.0 Å². The lowest BCUT2D eigenvalue weighted by Gasteiger charge is -2.22. The third-order valence-electron chi connectivity index (χ3n) is 2.75. The van der Waals surface area contributed by atoms with Gasteiger partial charge in [0.2, 0.25) is 12.8 Å². The highest BCUT2D eigenvalue weighted by molar-refractivity contribution is 14.1. The summed E-state index contributed by atoms with van der Waals surface area (Å²) in [5.41, 5.74) is 0. The predicted octanol–water partition coefficient (Wildman–Crippen LogP) is 1.87. The molecule has 0 aliphatic heterocycles. The number of halogens is 1. The maximum Gasteiger partial charge on any atom is 0.218 e. The molecule has 0 radical (unpaired) electrons. The monoisotopic (exact) mass is 400 g/mol. The molecule has 1 unspecified atom stereocenters. The molecular formula is C13H25IN2O4. The van der Waals surface area contributed by atoms with Gasteiger partial charge in [-0.05, 0) is 32.1 Å². The van der Waals surface area contributed by atoms with Gasteiger partial charge in [0.1, 0.15) is 6.79 Å². The maximum absolute atomic E-state index is 10.8. The fourth-order valence-electron chi connectivity index (χ4n) is 1.68. The molecule has 0 aromatic heterocycles. The van der Waals surface area contributed by atoms with Gasteiger partial charge in [-0.1, -0.05) is 6.92 Å². The molecule has 2 amide bonds. The summed E-state index contributed by atoms with van der Waals surface area (Å²) in [6, 6.07) is 0.163. The van der Waals surface area contributed by atoms with Crippen LogP contribution in [0.15, 0.2) is 0 Å². The quantitative estimate of drug-likeness (QED) is 0.150. The van der Waals surface area contributed by atoms with E-state index in [0.717, 1.165) is 38.5 Å². The fourth-order valence-corrected chi connectivity index (χ4v) is 2.24. The molecular weight excluding hydrogens is 375 g/mol. The lowest BCUT2D eigenvalue weighted by molar-refractivity contribution is -0.114. The van der Waals surface area contributed by atoms with E-state index in [-0.39, 0.29) is 6.04 Å². The number of carbonyl (C=O) groups excluding carboxylic acids is 2. The van der Waals surface area contributed by atoms with Crippen LogP contribution in [-0.2, 0) is 19.1 Å². The van der Waals surface area contributed by atoms with E-state index in [1.807, 2.05) is 29.8 Å². The number of nitrogens with one attached hydrogen (secondary N) is 1. The molecule has 20 heavy (non-hydrogen) atoms. The average Bonchev–Trinajstić information content (AvgIpc) is 2.47. The zero-order valence-electron chi connectivity index (χ0n) is 12.1. The molecule has 0 aromatic carbocycles. The van der Waals surface area contributed by atoms with E-state index < -0.39 is 0 Å². The van der Waals surface area contributed by atoms with Gasteiger partial charge in [-0.3, -0.25) is 12.7 Å². The van der Waals surface area contributed by atoms with Crippen LogP contribution in [0, 0.1) is 0 Å². The largest absolute Gasteiger partial charge is 0.359 e. The Kier molecular flexibility index (Phi) is 14.7. The highest BCUT2D eigenvalue weighted by atomic mass is 127. The van der Waals surface area contributed by atoms with Crippen molar-refractivity contribution in [2.45, 2.75) is 45.1 Å². The molecule has 6 nitrogen and oxygen atoms in total. The van der Waals surface area contributed by atoms with Gasteiger partial charge < -0.3 is 14.8 Å². The van der Waals surface area contributed by atoms with Crippen molar-refractivity contribution in [3.63, 3.8) is 0 Å². The summed E-state index contributed by atoms with van der Waals surface area (Å²) in [6.07, 6.45) is 6.09. The predicted molar refractivity (Wildman–Crippen MR) is 85.3 cm³/mol. The van der Waals surface area contributed by atoms with Crippen LogP contribution in [0.5, 0.6) is 0 Å². The van der Waals surface area contributed by atoms with E-state index in [2.05, 4.69) is 5.32 Å². The SMILES string of the molecule is CCCOCOCCC(CCCCNC=O)N(I)C=O. The number of ether oxygens (including phenoxy) is 2. The van der Waals surface area contributed by atoms with Crippen molar-refractivity contribution in [3.8, 4) is 0 Å². The molecule has 1 atom stereocenters. The molecule has 0 aromatic rings. The number of unbranched alkanes of at least 4 members (excludes halogenated alkanes) is 1. The summed E-state index contributed by atoms with van der Waals surface area (Å²) < 4.78 is 12.3. The molecule has 0 spiro atoms.